The van der Waals surface area contributed by atoms with Crippen LogP contribution in [0.4, 0.5) is 15.9 Å². The van der Waals surface area contributed by atoms with E-state index >= 15 is 4.39 Å². The fourth-order valence-corrected chi connectivity index (χ4v) is 6.80. The summed E-state index contributed by atoms with van der Waals surface area (Å²) in [6.45, 7) is 1.51. The SMILES string of the molecule is CCS(=O)(=O)c1ccccc1[C@H]1[C@@H](C(=O)O)CCN1C(=O)C(Nc1ccc2c(N)nccc2c1)c1cc(Cl)ccc1F. The molecule has 1 aliphatic heterocycles. The quantitative estimate of drug-likeness (QED) is 0.246. The van der Waals surface area contributed by atoms with Gasteiger partial charge in [0.1, 0.15) is 17.7 Å². The van der Waals surface area contributed by atoms with Crippen molar-refractivity contribution in [2.24, 2.45) is 5.92 Å². The highest BCUT2D eigenvalue weighted by Crippen LogP contribution is 2.42. The predicted octanol–water partition coefficient (Wildman–Crippen LogP) is 5.23. The van der Waals surface area contributed by atoms with Gasteiger partial charge in [0, 0.05) is 34.4 Å². The smallest absolute Gasteiger partial charge is 0.309 e. The molecule has 2 heterocycles. The van der Waals surface area contributed by atoms with Gasteiger partial charge in [0.25, 0.3) is 0 Å². The lowest BCUT2D eigenvalue weighted by Crippen LogP contribution is -2.40. The molecule has 0 aliphatic carbocycles. The third-order valence-electron chi connectivity index (χ3n) is 7.57. The Labute approximate surface area is 247 Å². The molecule has 218 valence electrons. The number of likely N-dealkylation sites (tertiary alicyclic amines) is 1. The highest BCUT2D eigenvalue weighted by Gasteiger charge is 2.46. The summed E-state index contributed by atoms with van der Waals surface area (Å²) in [4.78, 5) is 32.1. The number of nitrogens with one attached hydrogen (secondary N) is 1. The largest absolute Gasteiger partial charge is 0.481 e. The number of nitrogens with two attached hydrogens (primary N) is 1. The number of benzene rings is 3. The molecule has 9 nitrogen and oxygen atoms in total. The summed E-state index contributed by atoms with van der Waals surface area (Å²) in [5.74, 6) is -3.46. The molecule has 42 heavy (non-hydrogen) atoms. The number of anilines is 2. The Balaban J connectivity index is 1.62. The number of amides is 1. The lowest BCUT2D eigenvalue weighted by atomic mass is 9.93. The zero-order valence-electron chi connectivity index (χ0n) is 22.5. The van der Waals surface area contributed by atoms with Crippen molar-refractivity contribution >= 4 is 55.6 Å². The van der Waals surface area contributed by atoms with Gasteiger partial charge >= 0.3 is 5.97 Å². The van der Waals surface area contributed by atoms with E-state index < -0.39 is 45.5 Å². The fraction of sp³-hybridized carbons (Fsp3) is 0.233. The maximum atomic E-state index is 15.3. The van der Waals surface area contributed by atoms with Crippen LogP contribution < -0.4 is 11.1 Å². The Kier molecular flexibility index (Phi) is 8.07. The number of hydrogen-bond donors (Lipinski definition) is 3. The Morgan fingerprint density at radius 2 is 1.93 bits per heavy atom. The number of aliphatic carboxylic acids is 1. The van der Waals surface area contributed by atoms with Crippen molar-refractivity contribution in [3.63, 3.8) is 0 Å². The van der Waals surface area contributed by atoms with Gasteiger partial charge < -0.3 is 21.1 Å². The van der Waals surface area contributed by atoms with E-state index in [1.54, 1.807) is 42.6 Å². The molecule has 3 aromatic carbocycles. The van der Waals surface area contributed by atoms with Gasteiger partial charge in [-0.25, -0.2) is 17.8 Å². The zero-order valence-corrected chi connectivity index (χ0v) is 24.1. The van der Waals surface area contributed by atoms with Crippen LogP contribution in [-0.2, 0) is 19.4 Å². The van der Waals surface area contributed by atoms with E-state index in [9.17, 15) is 23.1 Å². The van der Waals surface area contributed by atoms with Gasteiger partial charge in [0.15, 0.2) is 9.84 Å². The first-order chi connectivity index (χ1) is 20.0. The van der Waals surface area contributed by atoms with E-state index in [4.69, 9.17) is 17.3 Å². The molecule has 0 bridgehead atoms. The minimum atomic E-state index is -3.76. The number of nitrogen functional groups attached to an aromatic ring is 1. The first-order valence-corrected chi connectivity index (χ1v) is 15.3. The van der Waals surface area contributed by atoms with Crippen LogP contribution >= 0.6 is 11.6 Å². The number of hydrogen-bond acceptors (Lipinski definition) is 7. The average Bonchev–Trinajstić information content (AvgIpc) is 3.43. The van der Waals surface area contributed by atoms with Crippen molar-refractivity contribution in [3.8, 4) is 0 Å². The third-order valence-corrected chi connectivity index (χ3v) is 9.61. The fourth-order valence-electron chi connectivity index (χ4n) is 5.48. The number of rotatable bonds is 8. The molecule has 3 atom stereocenters. The van der Waals surface area contributed by atoms with Gasteiger partial charge in [-0.15, -0.1) is 0 Å². The van der Waals surface area contributed by atoms with Gasteiger partial charge in [0.05, 0.1) is 22.6 Å². The molecular weight excluding hydrogens is 583 g/mol. The molecule has 1 aliphatic rings. The van der Waals surface area contributed by atoms with Crippen molar-refractivity contribution < 1.29 is 27.5 Å². The standard InChI is InChI=1S/C30H28ClFN4O5S/c1-2-42(40,41)25-6-4-3-5-21(25)27-22(30(38)39)12-14-36(27)29(37)26(23-16-18(31)7-10-24(23)32)35-19-8-9-20-17(15-19)11-13-34-28(20)33/h3-11,13,15-16,22,26-27,35H,2,12,14H2,1H3,(H2,33,34)(H,38,39)/t22-,26?,27-/m0/s1. The highest BCUT2D eigenvalue weighted by molar-refractivity contribution is 7.91. The van der Waals surface area contributed by atoms with E-state index in [0.29, 0.717) is 16.9 Å². The van der Waals surface area contributed by atoms with Crippen molar-refractivity contribution in [3.05, 3.63) is 94.9 Å². The summed E-state index contributed by atoms with van der Waals surface area (Å²) in [6, 6.07) is 14.4. The molecule has 12 heteroatoms. The molecule has 1 aromatic heterocycles. The summed E-state index contributed by atoms with van der Waals surface area (Å²) in [6.07, 6.45) is 1.63. The Morgan fingerprint density at radius 1 is 1.17 bits per heavy atom. The molecular formula is C30H28ClFN4O5S. The second-order valence-electron chi connectivity index (χ2n) is 10.0. The number of fused-ring (bicyclic) bond motifs is 1. The number of pyridine rings is 1. The Bertz CT molecular complexity index is 1800. The Hall–Kier alpha value is -4.22. The minimum absolute atomic E-state index is 0.0151. The molecule has 1 amide bonds. The molecule has 0 radical (unpaired) electrons. The number of sulfone groups is 1. The maximum absolute atomic E-state index is 15.3. The molecule has 1 unspecified atom stereocenters. The number of aromatic nitrogens is 1. The van der Waals surface area contributed by atoms with Crippen LogP contribution in [0.25, 0.3) is 10.8 Å². The van der Waals surface area contributed by atoms with E-state index in [1.165, 1.54) is 36.1 Å². The van der Waals surface area contributed by atoms with Gasteiger partial charge in [-0.1, -0.05) is 36.7 Å². The van der Waals surface area contributed by atoms with Crippen molar-refractivity contribution in [1.82, 2.24) is 9.88 Å². The summed E-state index contributed by atoms with van der Waals surface area (Å²) >= 11 is 6.22. The van der Waals surface area contributed by atoms with Crippen LogP contribution in [-0.4, -0.2) is 47.6 Å². The van der Waals surface area contributed by atoms with Crippen LogP contribution in [0, 0.1) is 11.7 Å². The first kappa shape index (κ1) is 29.3. The van der Waals surface area contributed by atoms with Crippen LogP contribution in [0.1, 0.15) is 36.6 Å². The monoisotopic (exact) mass is 610 g/mol. The molecule has 5 rings (SSSR count). The normalized spacial score (nSPS) is 17.7. The average molecular weight is 611 g/mol. The summed E-state index contributed by atoms with van der Waals surface area (Å²) in [5.41, 5.74) is 6.60. The van der Waals surface area contributed by atoms with Gasteiger partial charge in [0.2, 0.25) is 5.91 Å². The zero-order chi connectivity index (χ0) is 30.2. The topological polar surface area (TPSA) is 143 Å². The lowest BCUT2D eigenvalue weighted by molar-refractivity contribution is -0.143. The predicted molar refractivity (Wildman–Crippen MR) is 158 cm³/mol. The summed E-state index contributed by atoms with van der Waals surface area (Å²) in [7, 11) is -3.76. The second-order valence-corrected chi connectivity index (χ2v) is 12.7. The summed E-state index contributed by atoms with van der Waals surface area (Å²) in [5, 5.41) is 14.8. The number of carbonyl (C=O) groups excluding carboxylic acids is 1. The van der Waals surface area contributed by atoms with Crippen molar-refractivity contribution in [2.45, 2.75) is 30.3 Å². The highest BCUT2D eigenvalue weighted by atomic mass is 35.5. The van der Waals surface area contributed by atoms with Gasteiger partial charge in [-0.2, -0.15) is 0 Å². The van der Waals surface area contributed by atoms with Crippen molar-refractivity contribution in [1.29, 1.82) is 0 Å². The second kappa shape index (κ2) is 11.6. The minimum Gasteiger partial charge on any atom is -0.481 e. The number of carboxylic acids is 1. The maximum Gasteiger partial charge on any atom is 0.309 e. The molecule has 4 aromatic rings. The van der Waals surface area contributed by atoms with Gasteiger partial charge in [-0.05, 0) is 65.9 Å². The van der Waals surface area contributed by atoms with E-state index in [0.717, 1.165) is 11.5 Å². The number of carboxylic acid groups (broad SMARTS) is 1. The molecule has 1 fully saturated rings. The molecule has 0 spiro atoms. The van der Waals surface area contributed by atoms with Crippen LogP contribution in [0.3, 0.4) is 0 Å². The number of carbonyl (C=O) groups is 2. The van der Waals surface area contributed by atoms with Crippen LogP contribution in [0.15, 0.2) is 77.8 Å². The first-order valence-electron chi connectivity index (χ1n) is 13.2. The van der Waals surface area contributed by atoms with E-state index in [-0.39, 0.29) is 39.8 Å². The van der Waals surface area contributed by atoms with Gasteiger partial charge in [-0.3, -0.25) is 9.59 Å². The molecule has 0 saturated carbocycles. The third kappa shape index (κ3) is 5.49. The number of halogens is 2. The van der Waals surface area contributed by atoms with Crippen molar-refractivity contribution in [2.75, 3.05) is 23.3 Å². The van der Waals surface area contributed by atoms with Crippen LogP contribution in [0.2, 0.25) is 5.02 Å². The van der Waals surface area contributed by atoms with E-state index in [2.05, 4.69) is 10.3 Å². The molecule has 1 saturated heterocycles. The van der Waals surface area contributed by atoms with E-state index in [1.807, 2.05) is 0 Å². The number of nitrogens with zero attached hydrogens (tertiary/aromatic N) is 2. The Morgan fingerprint density at radius 3 is 2.67 bits per heavy atom. The lowest BCUT2D eigenvalue weighted by Gasteiger charge is -2.32. The van der Waals surface area contributed by atoms with Crippen LogP contribution in [0.5, 0.6) is 0 Å². The molecule has 4 N–H and O–H groups in total. The summed E-state index contributed by atoms with van der Waals surface area (Å²) < 4.78 is 41.3.